The molecule has 0 saturated carbocycles. The van der Waals surface area contributed by atoms with Crippen molar-refractivity contribution >= 4 is 24.0 Å². The van der Waals surface area contributed by atoms with Crippen LogP contribution in [0.3, 0.4) is 0 Å². The Labute approximate surface area is 336 Å². The summed E-state index contributed by atoms with van der Waals surface area (Å²) < 4.78 is 10.3. The Morgan fingerprint density at radius 2 is 1.35 bits per heavy atom. The lowest BCUT2D eigenvalue weighted by molar-refractivity contribution is -0.146. The predicted molar refractivity (Wildman–Crippen MR) is 219 cm³/mol. The molecule has 0 aliphatic heterocycles. The van der Waals surface area contributed by atoms with Crippen LogP contribution in [0.2, 0.25) is 0 Å². The summed E-state index contributed by atoms with van der Waals surface area (Å²) in [5, 5.41) is 19.3. The van der Waals surface area contributed by atoms with Gasteiger partial charge in [0.25, 0.3) is 0 Å². The molecule has 0 aliphatic carbocycles. The van der Waals surface area contributed by atoms with E-state index in [1.54, 1.807) is 27.0 Å². The Morgan fingerprint density at radius 3 is 1.91 bits per heavy atom. The Hall–Kier alpha value is -5.75. The number of urea groups is 1. The molecular weight excluding hydrogens is 723 g/mol. The van der Waals surface area contributed by atoms with Gasteiger partial charge in [-0.15, -0.1) is 0 Å². The molecule has 57 heavy (non-hydrogen) atoms. The van der Waals surface area contributed by atoms with E-state index in [1.165, 1.54) is 7.11 Å². The molecule has 4 rings (SSSR count). The summed E-state index contributed by atoms with van der Waals surface area (Å²) in [6.45, 7) is 11.0. The first-order valence-corrected chi connectivity index (χ1v) is 19.2. The first kappa shape index (κ1) is 44.0. The number of aliphatic hydroxyl groups excluding tert-OH is 1. The van der Waals surface area contributed by atoms with Gasteiger partial charge in [0.2, 0.25) is 5.91 Å². The van der Waals surface area contributed by atoms with Gasteiger partial charge < -0.3 is 25.2 Å². The maximum atomic E-state index is 14.1. The van der Waals surface area contributed by atoms with Crippen molar-refractivity contribution in [3.8, 4) is 11.3 Å². The topological polar surface area (TPSA) is 159 Å². The van der Waals surface area contributed by atoms with Crippen molar-refractivity contribution in [2.24, 2.45) is 11.3 Å². The average Bonchev–Trinajstić information content (AvgIpc) is 3.18. The minimum atomic E-state index is -1.17. The lowest BCUT2D eigenvalue weighted by Crippen LogP contribution is -2.62. The highest BCUT2D eigenvalue weighted by atomic mass is 16.6. The smallest absolute Gasteiger partial charge is 0.426 e. The van der Waals surface area contributed by atoms with Crippen LogP contribution in [0.25, 0.3) is 11.3 Å². The summed E-state index contributed by atoms with van der Waals surface area (Å²) in [6, 6.07) is 30.0. The molecule has 304 valence electrons. The number of carbonyl (C=O) groups is 4. The Balaban J connectivity index is 1.60. The number of ether oxygens (including phenoxy) is 2. The molecule has 4 amide bonds. The number of hydrogen-bond donors (Lipinski definition) is 4. The summed E-state index contributed by atoms with van der Waals surface area (Å²) in [7, 11) is 1.29. The summed E-state index contributed by atoms with van der Waals surface area (Å²) in [5.74, 6) is -1.57. The zero-order valence-electron chi connectivity index (χ0n) is 34.0. The first-order valence-electron chi connectivity index (χ1n) is 19.2. The van der Waals surface area contributed by atoms with Gasteiger partial charge in [0.15, 0.2) is 0 Å². The van der Waals surface area contributed by atoms with Crippen LogP contribution >= 0.6 is 0 Å². The van der Waals surface area contributed by atoms with Crippen molar-refractivity contribution in [1.29, 1.82) is 0 Å². The van der Waals surface area contributed by atoms with E-state index in [0.717, 1.165) is 33.0 Å². The number of rotatable bonds is 15. The molecule has 4 N–H and O–H groups in total. The van der Waals surface area contributed by atoms with Crippen LogP contribution < -0.4 is 16.1 Å². The molecule has 0 bridgehead atoms. The summed E-state index contributed by atoms with van der Waals surface area (Å²) in [5.41, 5.74) is 5.40. The number of hydrazine groups is 1. The van der Waals surface area contributed by atoms with Crippen LogP contribution in [-0.4, -0.2) is 69.9 Å². The molecule has 4 unspecified atom stereocenters. The number of aliphatic hydroxyl groups is 1. The number of methoxy groups -OCH3 is 1. The van der Waals surface area contributed by atoms with E-state index in [4.69, 9.17) is 9.47 Å². The number of hydrogen-bond acceptors (Lipinski definition) is 8. The SMILES string of the molecule is COC(=O)CC(C(=O)NC(Cc1ccc(-c2ccccn2)cc1)CC(O)C(Cc1ccccc1)NC(=O)N(NC(=O)OCc1ccccc1)C(C)(C)C)C(C)(C)C. The van der Waals surface area contributed by atoms with Crippen molar-refractivity contribution in [2.75, 3.05) is 7.11 Å². The van der Waals surface area contributed by atoms with Crippen molar-refractivity contribution in [3.63, 3.8) is 0 Å². The number of esters is 1. The fraction of sp³-hybridized carbons (Fsp3) is 0.400. The summed E-state index contributed by atoms with van der Waals surface area (Å²) >= 11 is 0. The van der Waals surface area contributed by atoms with Crippen molar-refractivity contribution in [1.82, 2.24) is 26.1 Å². The largest absolute Gasteiger partial charge is 0.469 e. The molecule has 12 nitrogen and oxygen atoms in total. The van der Waals surface area contributed by atoms with Crippen molar-refractivity contribution in [2.45, 2.75) is 97.6 Å². The molecule has 3 aromatic carbocycles. The molecule has 0 fully saturated rings. The van der Waals surface area contributed by atoms with E-state index < -0.39 is 53.2 Å². The molecule has 12 heteroatoms. The maximum absolute atomic E-state index is 14.1. The zero-order chi connectivity index (χ0) is 41.6. The van der Waals surface area contributed by atoms with Gasteiger partial charge in [-0.1, -0.05) is 112 Å². The second kappa shape index (κ2) is 20.4. The maximum Gasteiger partial charge on any atom is 0.426 e. The Morgan fingerprint density at radius 1 is 0.754 bits per heavy atom. The van der Waals surface area contributed by atoms with E-state index in [0.29, 0.717) is 6.42 Å². The fourth-order valence-corrected chi connectivity index (χ4v) is 6.37. The van der Waals surface area contributed by atoms with E-state index in [2.05, 4.69) is 21.0 Å². The summed E-state index contributed by atoms with van der Waals surface area (Å²) in [6.07, 6.45) is 0.258. The third-order valence-electron chi connectivity index (χ3n) is 9.59. The molecule has 1 aromatic heterocycles. The second-order valence-electron chi connectivity index (χ2n) is 16.2. The van der Waals surface area contributed by atoms with Gasteiger partial charge in [-0.25, -0.2) is 20.0 Å². The number of carbonyl (C=O) groups excluding carboxylic acids is 4. The van der Waals surface area contributed by atoms with Gasteiger partial charge in [0.05, 0.1) is 42.8 Å². The van der Waals surface area contributed by atoms with Crippen LogP contribution in [0.4, 0.5) is 9.59 Å². The third-order valence-corrected chi connectivity index (χ3v) is 9.59. The molecule has 4 atom stereocenters. The summed E-state index contributed by atoms with van der Waals surface area (Å²) in [4.78, 5) is 57.9. The predicted octanol–water partition coefficient (Wildman–Crippen LogP) is 7.02. The highest BCUT2D eigenvalue weighted by molar-refractivity contribution is 5.84. The van der Waals surface area contributed by atoms with Gasteiger partial charge in [-0.2, -0.15) is 0 Å². The van der Waals surface area contributed by atoms with Crippen molar-refractivity contribution in [3.05, 3.63) is 126 Å². The zero-order valence-corrected chi connectivity index (χ0v) is 34.0. The molecule has 0 radical (unpaired) electrons. The monoisotopic (exact) mass is 779 g/mol. The molecule has 0 saturated heterocycles. The van der Waals surface area contributed by atoms with Crippen LogP contribution in [0.5, 0.6) is 0 Å². The average molecular weight is 780 g/mol. The van der Waals surface area contributed by atoms with E-state index >= 15 is 0 Å². The third kappa shape index (κ3) is 14.0. The number of nitrogens with zero attached hydrogens (tertiary/aromatic N) is 2. The highest BCUT2D eigenvalue weighted by Gasteiger charge is 2.36. The number of pyridine rings is 1. The Bertz CT molecular complexity index is 1880. The normalized spacial score (nSPS) is 13.6. The van der Waals surface area contributed by atoms with Crippen LogP contribution in [0.15, 0.2) is 109 Å². The second-order valence-corrected chi connectivity index (χ2v) is 16.2. The van der Waals surface area contributed by atoms with E-state index in [-0.39, 0.29) is 31.8 Å². The van der Waals surface area contributed by atoms with Gasteiger partial charge in [0.1, 0.15) is 6.61 Å². The van der Waals surface area contributed by atoms with Gasteiger partial charge >= 0.3 is 18.1 Å². The number of benzene rings is 3. The first-order chi connectivity index (χ1) is 27.0. The lowest BCUT2D eigenvalue weighted by Gasteiger charge is -2.37. The quantitative estimate of drug-likeness (QED) is 0.0741. The van der Waals surface area contributed by atoms with E-state index in [9.17, 15) is 24.3 Å². The van der Waals surface area contributed by atoms with Crippen molar-refractivity contribution < 1.29 is 33.8 Å². The molecule has 0 aliphatic rings. The van der Waals surface area contributed by atoms with Gasteiger partial charge in [0, 0.05) is 17.8 Å². The minimum absolute atomic E-state index is 0.0102. The molecule has 1 heterocycles. The number of amides is 4. The Kier molecular flexibility index (Phi) is 15.8. The van der Waals surface area contributed by atoms with Crippen LogP contribution in [0.1, 0.15) is 71.1 Å². The number of nitrogens with one attached hydrogen (secondary N) is 3. The van der Waals surface area contributed by atoms with Crippen LogP contribution in [-0.2, 0) is 38.5 Å². The molecule has 4 aromatic rings. The molecule has 0 spiro atoms. The fourth-order valence-electron chi connectivity index (χ4n) is 6.37. The van der Waals surface area contributed by atoms with Crippen LogP contribution in [0, 0.1) is 11.3 Å². The number of aromatic nitrogens is 1. The highest BCUT2D eigenvalue weighted by Crippen LogP contribution is 2.30. The van der Waals surface area contributed by atoms with Gasteiger partial charge in [-0.3, -0.25) is 14.6 Å². The standard InChI is InChI=1S/C45H57N5O7/c1-44(2,3)36(29-40(52)56-7)41(53)47-35(26-32-21-23-34(24-22-32)37-20-14-15-25-46-37)28-39(51)38(27-31-16-10-8-11-17-31)48-42(54)50(45(4,5)6)49-43(55)57-30-33-18-12-9-13-19-33/h8-25,35-36,38-39,51H,26-30H2,1-7H3,(H,47,53)(H,48,54)(H,49,55). The lowest BCUT2D eigenvalue weighted by atomic mass is 9.78. The van der Waals surface area contributed by atoms with E-state index in [1.807, 2.05) is 124 Å². The minimum Gasteiger partial charge on any atom is -0.469 e. The van der Waals surface area contributed by atoms with Gasteiger partial charge in [-0.05, 0) is 74.3 Å². The molecular formula is C45H57N5O7.